The predicted octanol–water partition coefficient (Wildman–Crippen LogP) is 6.55. The maximum absolute atomic E-state index is 11.5. The van der Waals surface area contributed by atoms with E-state index in [2.05, 4.69) is 48.6 Å². The van der Waals surface area contributed by atoms with E-state index in [-0.39, 0.29) is 18.0 Å². The summed E-state index contributed by atoms with van der Waals surface area (Å²) in [5.41, 5.74) is 23.0. The lowest BCUT2D eigenvalue weighted by Crippen LogP contribution is -2.07. The number of carbonyl (C=O) groups excluding carboxylic acids is 1. The molecule has 1 atom stereocenters. The van der Waals surface area contributed by atoms with E-state index in [1.165, 1.54) is 37.6 Å². The fraction of sp³-hybridized carbons (Fsp3) is 0.289. The highest BCUT2D eigenvalue weighted by molar-refractivity contribution is 6.20. The lowest BCUT2D eigenvalue weighted by molar-refractivity contribution is -0.111. The Balaban J connectivity index is 0.000000194. The van der Waals surface area contributed by atoms with Crippen LogP contribution in [0.5, 0.6) is 0 Å². The second-order valence-electron chi connectivity index (χ2n) is 12.5. The minimum atomic E-state index is -0.880. The van der Waals surface area contributed by atoms with Crippen LogP contribution < -0.4 is 22.5 Å². The molecule has 4 aromatic heterocycles. The van der Waals surface area contributed by atoms with Crippen LogP contribution in [0.25, 0.3) is 44.6 Å². The Bertz CT molecular complexity index is 2180. The molecule has 1 unspecified atom stereocenters. The van der Waals surface area contributed by atoms with Gasteiger partial charge in [-0.1, -0.05) is 49.0 Å². The number of fused-ring (bicyclic) bond motifs is 2. The molecule has 15 nitrogen and oxygen atoms in total. The first-order valence-corrected chi connectivity index (χ1v) is 17.7. The van der Waals surface area contributed by atoms with Crippen molar-refractivity contribution in [2.45, 2.75) is 58.2 Å². The molecule has 54 heavy (non-hydrogen) atoms. The number of aliphatic hydroxyl groups excluding tert-OH is 1. The largest absolute Gasteiger partial charge is 0.399 e. The van der Waals surface area contributed by atoms with Gasteiger partial charge in [-0.15, -0.1) is 0 Å². The van der Waals surface area contributed by atoms with Gasteiger partial charge in [0.05, 0.1) is 10.8 Å². The fourth-order valence-corrected chi connectivity index (χ4v) is 5.25. The first-order valence-electron chi connectivity index (χ1n) is 17.3. The number of ether oxygens (including phenoxy) is 1. The molecule has 7 rings (SSSR count). The van der Waals surface area contributed by atoms with E-state index in [0.717, 1.165) is 41.1 Å². The number of halogens is 1. The number of nitrogens with one attached hydrogen (secondary N) is 1. The zero-order valence-corrected chi connectivity index (χ0v) is 31.6. The number of hydrogen-bond acceptors (Lipinski definition) is 12. The summed E-state index contributed by atoms with van der Waals surface area (Å²) in [5.74, 6) is 0.536. The van der Waals surface area contributed by atoms with Gasteiger partial charge in [-0.2, -0.15) is 10.2 Å². The number of hydrogen-bond donors (Lipinski definition) is 5. The summed E-state index contributed by atoms with van der Waals surface area (Å²) in [7, 11) is 0. The Hall–Kier alpha value is -5.90. The van der Waals surface area contributed by atoms with E-state index >= 15 is 0 Å². The molecule has 1 saturated heterocycles. The van der Waals surface area contributed by atoms with Crippen LogP contribution in [-0.4, -0.2) is 69.3 Å². The summed E-state index contributed by atoms with van der Waals surface area (Å²) in [6.07, 6.45) is 7.91. The van der Waals surface area contributed by atoms with Crippen molar-refractivity contribution in [1.29, 1.82) is 0 Å². The molecule has 0 bridgehead atoms. The summed E-state index contributed by atoms with van der Waals surface area (Å²) in [6.45, 7) is 16.8. The van der Waals surface area contributed by atoms with Crippen molar-refractivity contribution >= 4 is 62.6 Å². The van der Waals surface area contributed by atoms with E-state index in [1.807, 2.05) is 79.5 Å². The quantitative estimate of drug-likeness (QED) is 0.0507. The molecule has 1 fully saturated rings. The van der Waals surface area contributed by atoms with E-state index in [9.17, 15) is 4.79 Å². The van der Waals surface area contributed by atoms with Crippen LogP contribution >= 0.6 is 11.6 Å². The van der Waals surface area contributed by atoms with Crippen molar-refractivity contribution in [2.75, 3.05) is 35.7 Å². The minimum Gasteiger partial charge on any atom is -0.399 e. The number of alkyl halides is 1. The highest BCUT2D eigenvalue weighted by Crippen LogP contribution is 2.33. The predicted molar refractivity (Wildman–Crippen MR) is 216 cm³/mol. The number of carbonyl (C=O) groups is 1. The van der Waals surface area contributed by atoms with Crippen molar-refractivity contribution < 1.29 is 14.6 Å². The van der Waals surface area contributed by atoms with Gasteiger partial charge in [-0.05, 0) is 77.0 Å². The summed E-state index contributed by atoms with van der Waals surface area (Å²) < 4.78 is 8.61. The normalized spacial score (nSPS) is 12.6. The standard InChI is InChI=1S/C17H18N6O.C14H16N6.C4H8O.C3H5ClO/c1-4-13(24)21-12-7-5-6-11(8-12)15-14-16(18)19-9-20-17(14)23(22-15)10(2)3;1-8(2)20-14-11(13(16)17-7-18-14)12(19-20)9-4-3-5-10(15)6-9;1-2-4-5-3-1;1-2-3(4)5/h4-10H,1H2,2-3H3,(H,21,24)(H2,18,19,20);3-8H,15H2,1-2H3,(H2,16,17,18);1-4H2;2-3,5H,1H2. The summed E-state index contributed by atoms with van der Waals surface area (Å²) >= 11 is 4.90. The number of nitrogens with zero attached hydrogens (tertiary/aromatic N) is 8. The number of nitrogens with two attached hydrogens (primary N) is 3. The SMILES string of the molecule is C1CCOC1.C=CC(=O)Nc1cccc(-c2nn(C(C)C)c3ncnc(N)c23)c1.C=CC(O)Cl.CC(C)n1nc(-c2cccc(N)c2)c2c(N)ncnc21. The maximum atomic E-state index is 11.5. The van der Waals surface area contributed by atoms with Gasteiger partial charge in [-0.3, -0.25) is 4.79 Å². The number of rotatable bonds is 7. The Kier molecular flexibility index (Phi) is 14.6. The average Bonchev–Trinajstić information content (AvgIpc) is 3.94. The lowest BCUT2D eigenvalue weighted by Gasteiger charge is -2.05. The molecule has 284 valence electrons. The number of benzene rings is 2. The van der Waals surface area contributed by atoms with Crippen molar-refractivity contribution in [3.05, 3.63) is 86.5 Å². The third-order valence-corrected chi connectivity index (χ3v) is 7.96. The first kappa shape index (κ1) is 40.9. The Morgan fingerprint density at radius 2 is 1.31 bits per heavy atom. The van der Waals surface area contributed by atoms with E-state index in [4.69, 9.17) is 38.6 Å². The molecule has 1 amide bonds. The van der Waals surface area contributed by atoms with Crippen LogP contribution in [0.4, 0.5) is 23.0 Å². The monoisotopic (exact) mass is 754 g/mol. The minimum absolute atomic E-state index is 0.124. The molecule has 0 aliphatic carbocycles. The molecular weight excluding hydrogens is 708 g/mol. The zero-order chi connectivity index (χ0) is 39.4. The van der Waals surface area contributed by atoms with Crippen molar-refractivity contribution in [3.8, 4) is 22.5 Å². The Morgan fingerprint density at radius 3 is 1.72 bits per heavy atom. The molecule has 8 N–H and O–H groups in total. The van der Waals surface area contributed by atoms with Gasteiger partial charge >= 0.3 is 0 Å². The van der Waals surface area contributed by atoms with Crippen LogP contribution in [0, 0.1) is 0 Å². The van der Waals surface area contributed by atoms with Gasteiger partial charge in [-0.25, -0.2) is 29.3 Å². The topological polar surface area (TPSA) is 224 Å². The third kappa shape index (κ3) is 10.4. The van der Waals surface area contributed by atoms with Gasteiger partial charge in [0.2, 0.25) is 5.91 Å². The van der Waals surface area contributed by atoms with Gasteiger partial charge in [0.1, 0.15) is 41.2 Å². The third-order valence-electron chi connectivity index (χ3n) is 7.79. The van der Waals surface area contributed by atoms with Crippen molar-refractivity contribution in [2.24, 2.45) is 0 Å². The summed E-state index contributed by atoms with van der Waals surface area (Å²) in [6, 6.07) is 15.2. The molecule has 5 heterocycles. The van der Waals surface area contributed by atoms with E-state index in [0.29, 0.717) is 39.7 Å². The molecule has 0 radical (unpaired) electrons. The maximum Gasteiger partial charge on any atom is 0.247 e. The van der Waals surface area contributed by atoms with Crippen LogP contribution in [0.1, 0.15) is 52.6 Å². The number of aliphatic hydroxyl groups is 1. The summed E-state index contributed by atoms with van der Waals surface area (Å²) in [4.78, 5) is 28.3. The lowest BCUT2D eigenvalue weighted by atomic mass is 10.1. The Morgan fingerprint density at radius 1 is 0.833 bits per heavy atom. The molecule has 0 spiro atoms. The van der Waals surface area contributed by atoms with Crippen LogP contribution in [0.2, 0.25) is 0 Å². The number of amides is 1. The average molecular weight is 755 g/mol. The molecular formula is C38H47ClN12O3. The molecule has 16 heteroatoms. The molecule has 1 aliphatic heterocycles. The van der Waals surface area contributed by atoms with Crippen LogP contribution in [0.3, 0.4) is 0 Å². The first-order chi connectivity index (χ1) is 25.9. The number of aromatic nitrogens is 8. The summed E-state index contributed by atoms with van der Waals surface area (Å²) in [5, 5.41) is 21.5. The van der Waals surface area contributed by atoms with E-state index < -0.39 is 5.56 Å². The second kappa shape index (κ2) is 19.3. The highest BCUT2D eigenvalue weighted by atomic mass is 35.5. The van der Waals surface area contributed by atoms with Gasteiger partial charge < -0.3 is 32.4 Å². The highest BCUT2D eigenvalue weighted by Gasteiger charge is 2.20. The Labute approximate surface area is 318 Å². The second-order valence-corrected chi connectivity index (χ2v) is 13.0. The van der Waals surface area contributed by atoms with Gasteiger partial charge in [0.15, 0.2) is 11.3 Å². The molecule has 6 aromatic rings. The number of anilines is 4. The zero-order valence-electron chi connectivity index (χ0n) is 30.9. The fourth-order valence-electron chi connectivity index (χ4n) is 5.25. The van der Waals surface area contributed by atoms with Crippen molar-refractivity contribution in [1.82, 2.24) is 39.5 Å². The van der Waals surface area contributed by atoms with Crippen LogP contribution in [-0.2, 0) is 9.53 Å². The molecule has 1 aliphatic rings. The van der Waals surface area contributed by atoms with Crippen LogP contribution in [0.15, 0.2) is 86.5 Å². The molecule has 0 saturated carbocycles. The van der Waals surface area contributed by atoms with Crippen molar-refractivity contribution in [3.63, 3.8) is 0 Å². The molecule has 2 aromatic carbocycles. The number of nitrogen functional groups attached to an aromatic ring is 3. The smallest absolute Gasteiger partial charge is 0.247 e. The van der Waals surface area contributed by atoms with E-state index in [1.54, 1.807) is 6.07 Å². The van der Waals surface area contributed by atoms with Gasteiger partial charge in [0.25, 0.3) is 0 Å². The van der Waals surface area contributed by atoms with Gasteiger partial charge in [0, 0.05) is 47.8 Å².